The number of aryl methyl sites for hydroxylation is 1. The highest BCUT2D eigenvalue weighted by atomic mass is 32.2. The summed E-state index contributed by atoms with van der Waals surface area (Å²) in [4.78, 5) is 0. The molecule has 1 N–H and O–H groups in total. The number of benzene rings is 1. The van der Waals surface area contributed by atoms with E-state index in [9.17, 15) is 8.42 Å². The van der Waals surface area contributed by atoms with Crippen LogP contribution in [0.2, 0.25) is 0 Å². The van der Waals surface area contributed by atoms with Crippen molar-refractivity contribution in [2.45, 2.75) is 11.1 Å². The van der Waals surface area contributed by atoms with Crippen LogP contribution in [0.3, 0.4) is 0 Å². The third-order valence-corrected chi connectivity index (χ3v) is 5.62. The van der Waals surface area contributed by atoms with E-state index in [4.69, 9.17) is 0 Å². The van der Waals surface area contributed by atoms with Gasteiger partial charge in [-0.15, -0.1) is 11.3 Å². The summed E-state index contributed by atoms with van der Waals surface area (Å²) < 4.78 is 27.1. The number of fused-ring (bicyclic) bond motifs is 1. The Hall–Kier alpha value is -0.910. The molecule has 80 valence electrons. The minimum Gasteiger partial charge on any atom is -0.214 e. The highest BCUT2D eigenvalue weighted by molar-refractivity contribution is 7.91. The van der Waals surface area contributed by atoms with Crippen LogP contribution < -0.4 is 4.72 Å². The van der Waals surface area contributed by atoms with Crippen molar-refractivity contribution >= 4 is 31.4 Å². The Balaban J connectivity index is 2.80. The van der Waals surface area contributed by atoms with Gasteiger partial charge in [0.05, 0.1) is 0 Å². The Morgan fingerprint density at radius 3 is 2.53 bits per heavy atom. The third-order valence-electron chi connectivity index (χ3n) is 2.31. The van der Waals surface area contributed by atoms with Gasteiger partial charge >= 0.3 is 0 Å². The number of hydrogen-bond donors (Lipinski definition) is 1. The lowest BCUT2D eigenvalue weighted by atomic mass is 10.2. The number of nitrogens with one attached hydrogen (secondary N) is 1. The molecular formula is C10H11NO2S2. The van der Waals surface area contributed by atoms with Crippen molar-refractivity contribution in [3.63, 3.8) is 0 Å². The summed E-state index contributed by atoms with van der Waals surface area (Å²) in [5.74, 6) is 0. The van der Waals surface area contributed by atoms with Gasteiger partial charge < -0.3 is 0 Å². The molecule has 3 nitrogen and oxygen atoms in total. The fourth-order valence-corrected chi connectivity index (χ4v) is 4.10. The molecule has 0 bridgehead atoms. The van der Waals surface area contributed by atoms with Crippen LogP contribution in [0.25, 0.3) is 10.1 Å². The maximum atomic E-state index is 11.7. The highest BCUT2D eigenvalue weighted by Crippen LogP contribution is 2.33. The molecule has 2 rings (SSSR count). The van der Waals surface area contributed by atoms with Gasteiger partial charge in [0.15, 0.2) is 0 Å². The first kappa shape index (κ1) is 10.6. The molecule has 0 radical (unpaired) electrons. The maximum absolute atomic E-state index is 11.7. The van der Waals surface area contributed by atoms with Crippen molar-refractivity contribution in [3.05, 3.63) is 29.8 Å². The predicted octanol–water partition coefficient (Wildman–Crippen LogP) is 2.12. The molecule has 0 spiro atoms. The lowest BCUT2D eigenvalue weighted by molar-refractivity contribution is 0.590. The predicted molar refractivity (Wildman–Crippen MR) is 62.8 cm³/mol. The van der Waals surface area contributed by atoms with Gasteiger partial charge in [0.1, 0.15) is 4.21 Å². The van der Waals surface area contributed by atoms with Gasteiger partial charge in [-0.3, -0.25) is 0 Å². The monoisotopic (exact) mass is 241 g/mol. The highest BCUT2D eigenvalue weighted by Gasteiger charge is 2.19. The molecule has 0 aliphatic carbocycles. The van der Waals surface area contributed by atoms with Gasteiger partial charge in [-0.05, 0) is 31.0 Å². The van der Waals surface area contributed by atoms with Crippen molar-refractivity contribution < 1.29 is 8.42 Å². The van der Waals surface area contributed by atoms with Gasteiger partial charge in [0.2, 0.25) is 10.0 Å². The van der Waals surface area contributed by atoms with Crippen LogP contribution in [-0.4, -0.2) is 15.5 Å². The first-order chi connectivity index (χ1) is 7.06. The Morgan fingerprint density at radius 1 is 1.27 bits per heavy atom. The van der Waals surface area contributed by atoms with E-state index in [-0.39, 0.29) is 0 Å². The molecule has 1 heterocycles. The molecule has 1 aromatic carbocycles. The lowest BCUT2D eigenvalue weighted by Gasteiger charge is -1.99. The second-order valence-electron chi connectivity index (χ2n) is 3.22. The number of hydrogen-bond acceptors (Lipinski definition) is 3. The lowest BCUT2D eigenvalue weighted by Crippen LogP contribution is -2.18. The number of sulfonamides is 1. The molecule has 1 aromatic heterocycles. The molecule has 0 atom stereocenters. The van der Waals surface area contributed by atoms with E-state index in [1.807, 2.05) is 31.2 Å². The average molecular weight is 241 g/mol. The summed E-state index contributed by atoms with van der Waals surface area (Å²) in [6.45, 7) is 1.84. The van der Waals surface area contributed by atoms with Crippen molar-refractivity contribution in [1.82, 2.24) is 4.72 Å². The Kier molecular flexibility index (Phi) is 2.54. The summed E-state index contributed by atoms with van der Waals surface area (Å²) in [5, 5.41) is 1.01. The molecule has 5 heteroatoms. The topological polar surface area (TPSA) is 46.2 Å². The van der Waals surface area contributed by atoms with Gasteiger partial charge in [-0.25, -0.2) is 13.1 Å². The first-order valence-corrected chi connectivity index (χ1v) is 6.78. The molecule has 0 amide bonds. The zero-order valence-electron chi connectivity index (χ0n) is 8.44. The molecule has 0 unspecified atom stereocenters. The van der Waals surface area contributed by atoms with Crippen molar-refractivity contribution in [1.29, 1.82) is 0 Å². The van der Waals surface area contributed by atoms with Crippen LogP contribution in [0.4, 0.5) is 0 Å². The molecule has 15 heavy (non-hydrogen) atoms. The largest absolute Gasteiger partial charge is 0.250 e. The van der Waals surface area contributed by atoms with Crippen LogP contribution in [0.15, 0.2) is 28.5 Å². The van der Waals surface area contributed by atoms with Crippen LogP contribution in [-0.2, 0) is 10.0 Å². The van der Waals surface area contributed by atoms with Crippen LogP contribution in [0, 0.1) is 6.92 Å². The third kappa shape index (κ3) is 1.67. The van der Waals surface area contributed by atoms with Gasteiger partial charge in [-0.1, -0.05) is 18.2 Å². The van der Waals surface area contributed by atoms with Crippen molar-refractivity contribution in [3.8, 4) is 0 Å². The van der Waals surface area contributed by atoms with Gasteiger partial charge in [-0.2, -0.15) is 0 Å². The first-order valence-electron chi connectivity index (χ1n) is 4.48. The summed E-state index contributed by atoms with van der Waals surface area (Å²) >= 11 is 1.30. The average Bonchev–Trinajstić information content (AvgIpc) is 2.58. The second-order valence-corrected chi connectivity index (χ2v) is 6.35. The minimum atomic E-state index is -3.32. The molecule has 0 saturated carbocycles. The van der Waals surface area contributed by atoms with E-state index < -0.39 is 10.0 Å². The fraction of sp³-hybridized carbons (Fsp3) is 0.200. The molecule has 0 aliphatic heterocycles. The van der Waals surface area contributed by atoms with Crippen LogP contribution in [0.1, 0.15) is 5.56 Å². The van der Waals surface area contributed by atoms with E-state index in [1.165, 1.54) is 18.4 Å². The fourth-order valence-electron chi connectivity index (χ4n) is 1.50. The van der Waals surface area contributed by atoms with Gasteiger partial charge in [0.25, 0.3) is 0 Å². The zero-order valence-corrected chi connectivity index (χ0v) is 10.1. The normalized spacial score (nSPS) is 12.1. The smallest absolute Gasteiger partial charge is 0.214 e. The Morgan fingerprint density at radius 2 is 1.93 bits per heavy atom. The van der Waals surface area contributed by atoms with Crippen LogP contribution >= 0.6 is 11.3 Å². The maximum Gasteiger partial charge on any atom is 0.250 e. The Bertz CT molecular complexity index is 599. The van der Waals surface area contributed by atoms with E-state index in [0.29, 0.717) is 4.21 Å². The Labute approximate surface area is 92.8 Å². The molecule has 2 aromatic rings. The number of thiophene rings is 1. The summed E-state index contributed by atoms with van der Waals surface area (Å²) in [6, 6.07) is 7.70. The molecule has 0 fully saturated rings. The van der Waals surface area contributed by atoms with E-state index in [0.717, 1.165) is 15.6 Å². The summed E-state index contributed by atoms with van der Waals surface area (Å²) in [7, 11) is -1.89. The number of rotatable bonds is 2. The van der Waals surface area contributed by atoms with E-state index in [2.05, 4.69) is 4.72 Å². The minimum absolute atomic E-state index is 0.409. The van der Waals surface area contributed by atoms with Crippen molar-refractivity contribution in [2.24, 2.45) is 0 Å². The van der Waals surface area contributed by atoms with E-state index in [1.54, 1.807) is 0 Å². The van der Waals surface area contributed by atoms with Crippen LogP contribution in [0.5, 0.6) is 0 Å². The molecule has 0 aliphatic rings. The van der Waals surface area contributed by atoms with Crippen molar-refractivity contribution in [2.75, 3.05) is 7.05 Å². The van der Waals surface area contributed by atoms with E-state index >= 15 is 0 Å². The zero-order chi connectivity index (χ0) is 11.1. The second kappa shape index (κ2) is 3.59. The standard InChI is InChI=1S/C10H11NO2S2/c1-7-8-5-3-4-6-9(8)14-10(7)15(12,13)11-2/h3-6,11H,1-2H3. The summed E-state index contributed by atoms with van der Waals surface area (Å²) in [5.41, 5.74) is 0.824. The SMILES string of the molecule is CNS(=O)(=O)c1sc2ccccc2c1C. The molecule has 0 saturated heterocycles. The quantitative estimate of drug-likeness (QED) is 0.875. The van der Waals surface area contributed by atoms with Gasteiger partial charge in [0, 0.05) is 4.70 Å². The molecular weight excluding hydrogens is 230 g/mol. The summed E-state index contributed by atoms with van der Waals surface area (Å²) in [6.07, 6.45) is 0.